The van der Waals surface area contributed by atoms with Crippen LogP contribution in [0.15, 0.2) is 18.2 Å². The van der Waals surface area contributed by atoms with Gasteiger partial charge in [-0.3, -0.25) is 4.79 Å². The summed E-state index contributed by atoms with van der Waals surface area (Å²) < 4.78 is 4.26. The van der Waals surface area contributed by atoms with E-state index in [0.29, 0.717) is 17.1 Å². The largest absolute Gasteiger partial charge is 0.378 e. The highest BCUT2D eigenvalue weighted by Gasteiger charge is 2.29. The molecule has 0 aliphatic carbocycles. The Balaban J connectivity index is 2.01. The molecule has 20 heavy (non-hydrogen) atoms. The molecule has 1 aliphatic heterocycles. The lowest BCUT2D eigenvalue weighted by Gasteiger charge is -2.18. The highest BCUT2D eigenvalue weighted by Crippen LogP contribution is 2.34. The van der Waals surface area contributed by atoms with Gasteiger partial charge in [0.05, 0.1) is 11.3 Å². The van der Waals surface area contributed by atoms with Crippen LogP contribution in [0.5, 0.6) is 0 Å². The SMILES string of the molecule is CNc1snc(C)c1C(=O)N1CCc2ccc(Cl)cc21. The van der Waals surface area contributed by atoms with E-state index in [2.05, 4.69) is 9.69 Å². The fourth-order valence-electron chi connectivity index (χ4n) is 2.49. The van der Waals surface area contributed by atoms with E-state index in [-0.39, 0.29) is 5.91 Å². The zero-order valence-electron chi connectivity index (χ0n) is 11.2. The number of benzene rings is 1. The molecule has 0 atom stereocenters. The summed E-state index contributed by atoms with van der Waals surface area (Å²) in [7, 11) is 1.80. The number of aryl methyl sites for hydroxylation is 1. The van der Waals surface area contributed by atoms with Gasteiger partial charge in [-0.25, -0.2) is 0 Å². The summed E-state index contributed by atoms with van der Waals surface area (Å²) in [4.78, 5) is 14.6. The van der Waals surface area contributed by atoms with Crippen molar-refractivity contribution in [3.63, 3.8) is 0 Å². The number of hydrogen-bond donors (Lipinski definition) is 1. The minimum Gasteiger partial charge on any atom is -0.378 e. The Bertz CT molecular complexity index is 683. The van der Waals surface area contributed by atoms with Gasteiger partial charge in [0.1, 0.15) is 5.00 Å². The maximum atomic E-state index is 12.8. The maximum absolute atomic E-state index is 12.8. The molecule has 1 amide bonds. The van der Waals surface area contributed by atoms with Crippen LogP contribution in [0.1, 0.15) is 21.6 Å². The summed E-state index contributed by atoms with van der Waals surface area (Å²) in [6.45, 7) is 2.55. The average Bonchev–Trinajstić information content (AvgIpc) is 3.01. The molecule has 0 unspecified atom stereocenters. The van der Waals surface area contributed by atoms with Crippen molar-refractivity contribution in [3.05, 3.63) is 40.0 Å². The number of hydrogen-bond acceptors (Lipinski definition) is 4. The van der Waals surface area contributed by atoms with Crippen LogP contribution in [-0.2, 0) is 6.42 Å². The molecule has 1 aromatic heterocycles. The zero-order chi connectivity index (χ0) is 14.3. The first-order valence-electron chi connectivity index (χ1n) is 6.36. The van der Waals surface area contributed by atoms with Gasteiger partial charge >= 0.3 is 0 Å². The summed E-state index contributed by atoms with van der Waals surface area (Å²) in [5.74, 6) is -0.0124. The lowest BCUT2D eigenvalue weighted by atomic mass is 10.1. The molecule has 0 fully saturated rings. The van der Waals surface area contributed by atoms with Gasteiger partial charge in [-0.2, -0.15) is 4.37 Å². The quantitative estimate of drug-likeness (QED) is 0.925. The smallest absolute Gasteiger partial charge is 0.263 e. The minimum atomic E-state index is -0.0124. The third-order valence-corrected chi connectivity index (χ3v) is 4.68. The van der Waals surface area contributed by atoms with Crippen LogP contribution in [-0.4, -0.2) is 23.9 Å². The van der Waals surface area contributed by atoms with E-state index in [0.717, 1.165) is 28.4 Å². The van der Waals surface area contributed by atoms with E-state index in [1.165, 1.54) is 11.5 Å². The van der Waals surface area contributed by atoms with Crippen molar-refractivity contribution in [2.24, 2.45) is 0 Å². The predicted molar refractivity (Wildman–Crippen MR) is 83.2 cm³/mol. The Morgan fingerprint density at radius 1 is 1.50 bits per heavy atom. The molecule has 4 nitrogen and oxygen atoms in total. The van der Waals surface area contributed by atoms with Gasteiger partial charge in [-0.1, -0.05) is 17.7 Å². The topological polar surface area (TPSA) is 45.2 Å². The van der Waals surface area contributed by atoms with E-state index >= 15 is 0 Å². The highest BCUT2D eigenvalue weighted by molar-refractivity contribution is 7.10. The van der Waals surface area contributed by atoms with E-state index in [1.54, 1.807) is 11.9 Å². The molecular weight excluding hydrogens is 294 g/mol. The second-order valence-electron chi connectivity index (χ2n) is 4.70. The van der Waals surface area contributed by atoms with Crippen molar-refractivity contribution in [3.8, 4) is 0 Å². The molecule has 0 saturated carbocycles. The molecule has 0 saturated heterocycles. The Labute approximate surface area is 126 Å². The number of halogens is 1. The number of aromatic nitrogens is 1. The number of amides is 1. The van der Waals surface area contributed by atoms with E-state index in [1.807, 2.05) is 25.1 Å². The fraction of sp³-hybridized carbons (Fsp3) is 0.286. The molecule has 0 spiro atoms. The second kappa shape index (κ2) is 5.07. The van der Waals surface area contributed by atoms with Gasteiger partial charge in [0.2, 0.25) is 0 Å². The first kappa shape index (κ1) is 13.4. The molecule has 1 aliphatic rings. The number of carbonyl (C=O) groups excluding carboxylic acids is 1. The molecule has 0 radical (unpaired) electrons. The zero-order valence-corrected chi connectivity index (χ0v) is 12.8. The van der Waals surface area contributed by atoms with Crippen molar-refractivity contribution < 1.29 is 4.79 Å². The van der Waals surface area contributed by atoms with E-state index in [9.17, 15) is 4.79 Å². The highest BCUT2D eigenvalue weighted by atomic mass is 35.5. The first-order chi connectivity index (χ1) is 9.61. The van der Waals surface area contributed by atoms with Crippen LogP contribution in [0.25, 0.3) is 0 Å². The third-order valence-electron chi connectivity index (χ3n) is 3.49. The fourth-order valence-corrected chi connectivity index (χ4v) is 3.39. The van der Waals surface area contributed by atoms with Gasteiger partial charge < -0.3 is 10.2 Å². The van der Waals surface area contributed by atoms with Crippen LogP contribution < -0.4 is 10.2 Å². The molecule has 1 aromatic carbocycles. The lowest BCUT2D eigenvalue weighted by Crippen LogP contribution is -2.29. The van der Waals surface area contributed by atoms with Gasteiger partial charge in [0, 0.05) is 24.3 Å². The van der Waals surface area contributed by atoms with Gasteiger partial charge in [-0.05, 0) is 42.6 Å². The standard InChI is InChI=1S/C14H14ClN3OS/c1-8-12(13(16-2)20-17-8)14(19)18-6-5-9-3-4-10(15)7-11(9)18/h3-4,7,16H,5-6H2,1-2H3. The Morgan fingerprint density at radius 2 is 2.30 bits per heavy atom. The van der Waals surface area contributed by atoms with Crippen LogP contribution in [0.3, 0.4) is 0 Å². The Hall–Kier alpha value is -1.59. The molecule has 0 bridgehead atoms. The third kappa shape index (κ3) is 2.07. The second-order valence-corrected chi connectivity index (χ2v) is 5.91. The van der Waals surface area contributed by atoms with Gasteiger partial charge in [-0.15, -0.1) is 0 Å². The summed E-state index contributed by atoms with van der Waals surface area (Å²) in [6, 6.07) is 5.71. The monoisotopic (exact) mass is 307 g/mol. The van der Waals surface area contributed by atoms with Crippen LogP contribution in [0, 0.1) is 6.92 Å². The molecular formula is C14H14ClN3OS. The van der Waals surface area contributed by atoms with Crippen molar-refractivity contribution in [2.75, 3.05) is 23.8 Å². The van der Waals surface area contributed by atoms with Crippen LogP contribution >= 0.6 is 23.1 Å². The van der Waals surface area contributed by atoms with E-state index < -0.39 is 0 Å². The molecule has 2 aromatic rings. The maximum Gasteiger partial charge on any atom is 0.263 e. The molecule has 6 heteroatoms. The average molecular weight is 308 g/mol. The Kier molecular flexibility index (Phi) is 3.40. The number of carbonyl (C=O) groups is 1. The minimum absolute atomic E-state index is 0.0124. The molecule has 3 rings (SSSR count). The lowest BCUT2D eigenvalue weighted by molar-refractivity contribution is 0.0990. The molecule has 104 valence electrons. The van der Waals surface area contributed by atoms with Crippen LogP contribution in [0.2, 0.25) is 5.02 Å². The van der Waals surface area contributed by atoms with Gasteiger partial charge in [0.15, 0.2) is 0 Å². The number of rotatable bonds is 2. The summed E-state index contributed by atoms with van der Waals surface area (Å²) in [5.41, 5.74) is 3.50. The number of nitrogens with zero attached hydrogens (tertiary/aromatic N) is 2. The number of fused-ring (bicyclic) bond motifs is 1. The van der Waals surface area contributed by atoms with Gasteiger partial charge in [0.25, 0.3) is 5.91 Å². The normalized spacial score (nSPS) is 13.4. The van der Waals surface area contributed by atoms with Crippen molar-refractivity contribution >= 4 is 39.7 Å². The van der Waals surface area contributed by atoms with E-state index in [4.69, 9.17) is 11.6 Å². The molecule has 2 heterocycles. The van der Waals surface area contributed by atoms with Crippen LogP contribution in [0.4, 0.5) is 10.7 Å². The van der Waals surface area contributed by atoms with Crippen molar-refractivity contribution in [2.45, 2.75) is 13.3 Å². The Morgan fingerprint density at radius 3 is 3.05 bits per heavy atom. The number of anilines is 2. The van der Waals surface area contributed by atoms with Crippen molar-refractivity contribution in [1.82, 2.24) is 4.37 Å². The molecule has 1 N–H and O–H groups in total. The van der Waals surface area contributed by atoms with Crippen molar-refractivity contribution in [1.29, 1.82) is 0 Å². The number of nitrogens with one attached hydrogen (secondary N) is 1. The predicted octanol–water partition coefficient (Wildman–Crippen LogP) is 3.35. The summed E-state index contributed by atoms with van der Waals surface area (Å²) in [6.07, 6.45) is 0.865. The summed E-state index contributed by atoms with van der Waals surface area (Å²) >= 11 is 7.36. The summed E-state index contributed by atoms with van der Waals surface area (Å²) in [5, 5.41) is 4.50. The first-order valence-corrected chi connectivity index (χ1v) is 7.51.